The maximum absolute atomic E-state index is 11.7. The van der Waals surface area contributed by atoms with Crippen LogP contribution in [0.25, 0.3) is 22.2 Å². The van der Waals surface area contributed by atoms with Gasteiger partial charge in [-0.3, -0.25) is 4.90 Å². The fraction of sp³-hybridized carbons (Fsp3) is 0.476. The summed E-state index contributed by atoms with van der Waals surface area (Å²) in [4.78, 5) is 25.7. The quantitative estimate of drug-likeness (QED) is 0.0951. The molecule has 10 unspecified atom stereocenters. The number of aromatic nitrogens is 1. The van der Waals surface area contributed by atoms with Crippen molar-refractivity contribution in [2.45, 2.75) is 101 Å². The summed E-state index contributed by atoms with van der Waals surface area (Å²) in [5.74, 6) is -1.92. The lowest BCUT2D eigenvalue weighted by Crippen LogP contribution is -2.61. The molecule has 17 heteroatoms. The number of likely N-dealkylation sites (tertiary alicyclic amines) is 1. The van der Waals surface area contributed by atoms with Gasteiger partial charge in [-0.25, -0.2) is 9.59 Å². The second kappa shape index (κ2) is 18.2. The van der Waals surface area contributed by atoms with Crippen molar-refractivity contribution in [3.8, 4) is 28.5 Å². The number of carbonyl (C=O) groups is 2. The number of benzene rings is 3. The summed E-state index contributed by atoms with van der Waals surface area (Å²) in [5, 5.41) is 81.5. The first-order valence-corrected chi connectivity index (χ1v) is 19.7. The van der Waals surface area contributed by atoms with Crippen molar-refractivity contribution >= 4 is 22.8 Å². The molecule has 318 valence electrons. The largest absolute Gasteiger partial charge is 0.492 e. The van der Waals surface area contributed by atoms with Crippen LogP contribution in [0.1, 0.15) is 36.8 Å². The van der Waals surface area contributed by atoms with E-state index in [-0.39, 0.29) is 11.5 Å². The molecule has 0 saturated carbocycles. The molecule has 7 rings (SSSR count). The molecule has 4 aromatic rings. The van der Waals surface area contributed by atoms with Crippen molar-refractivity contribution in [2.24, 2.45) is 0 Å². The first-order valence-electron chi connectivity index (χ1n) is 19.7. The molecule has 3 aromatic carbocycles. The van der Waals surface area contributed by atoms with Crippen LogP contribution in [0, 0.1) is 6.92 Å². The summed E-state index contributed by atoms with van der Waals surface area (Å²) >= 11 is 0. The Labute approximate surface area is 339 Å². The van der Waals surface area contributed by atoms with Crippen LogP contribution < -0.4 is 14.2 Å². The Morgan fingerprint density at radius 1 is 0.661 bits per heavy atom. The van der Waals surface area contributed by atoms with Crippen molar-refractivity contribution in [3.63, 3.8) is 0 Å². The minimum atomic E-state index is -1.87. The van der Waals surface area contributed by atoms with Crippen LogP contribution in [-0.4, -0.2) is 150 Å². The van der Waals surface area contributed by atoms with Gasteiger partial charge in [-0.15, -0.1) is 0 Å². The Hall–Kier alpha value is -4.82. The topological polar surface area (TPSA) is 250 Å². The molecular weight excluding hydrogens is 772 g/mol. The van der Waals surface area contributed by atoms with Crippen LogP contribution >= 0.6 is 0 Å². The number of aryl methyl sites for hydroxylation is 1. The van der Waals surface area contributed by atoms with Crippen molar-refractivity contribution in [2.75, 3.05) is 26.2 Å². The summed E-state index contributed by atoms with van der Waals surface area (Å²) < 4.78 is 30.4. The Kier molecular flexibility index (Phi) is 13.1. The molecule has 3 fully saturated rings. The first-order chi connectivity index (χ1) is 28.3. The number of nitrogens with zero attached hydrogens (tertiary/aromatic N) is 2. The fourth-order valence-electron chi connectivity index (χ4n) is 7.90. The molecule has 0 radical (unpaired) electrons. The monoisotopic (exact) mass is 822 g/mol. The number of carboxylic acids is 2. The van der Waals surface area contributed by atoms with Gasteiger partial charge in [-0.05, 0) is 104 Å². The van der Waals surface area contributed by atoms with Crippen molar-refractivity contribution in [3.05, 3.63) is 77.9 Å². The summed E-state index contributed by atoms with van der Waals surface area (Å²) in [7, 11) is 0. The van der Waals surface area contributed by atoms with Gasteiger partial charge in [0.05, 0.1) is 5.69 Å². The first kappa shape index (κ1) is 42.3. The second-order valence-electron chi connectivity index (χ2n) is 15.2. The molecule has 59 heavy (non-hydrogen) atoms. The molecule has 0 aliphatic carbocycles. The number of ether oxygens (including phenoxy) is 5. The van der Waals surface area contributed by atoms with Crippen LogP contribution in [0.4, 0.5) is 0 Å². The van der Waals surface area contributed by atoms with Gasteiger partial charge < -0.3 is 69.1 Å². The Morgan fingerprint density at radius 2 is 1.19 bits per heavy atom. The molecule has 3 aliphatic rings. The Bertz CT molecular complexity index is 2070. The molecule has 0 spiro atoms. The van der Waals surface area contributed by atoms with Crippen molar-refractivity contribution < 1.29 is 74.1 Å². The van der Waals surface area contributed by atoms with E-state index in [1.54, 1.807) is 42.5 Å². The van der Waals surface area contributed by atoms with E-state index in [1.807, 2.05) is 31.2 Å². The maximum Gasteiger partial charge on any atom is 0.335 e. The van der Waals surface area contributed by atoms with Crippen molar-refractivity contribution in [1.29, 1.82) is 0 Å². The number of aliphatic hydroxyl groups is 6. The third-order valence-corrected chi connectivity index (χ3v) is 11.2. The lowest BCUT2D eigenvalue weighted by atomic mass is 9.99. The van der Waals surface area contributed by atoms with E-state index in [4.69, 9.17) is 23.7 Å². The molecular formula is C42H50N2O15. The third-order valence-electron chi connectivity index (χ3n) is 11.2. The van der Waals surface area contributed by atoms with Crippen LogP contribution in [0.2, 0.25) is 0 Å². The minimum absolute atomic E-state index is 0.186. The van der Waals surface area contributed by atoms with Gasteiger partial charge in [0.25, 0.3) is 0 Å². The zero-order chi connectivity index (χ0) is 42.0. The smallest absolute Gasteiger partial charge is 0.335 e. The minimum Gasteiger partial charge on any atom is -0.492 e. The summed E-state index contributed by atoms with van der Waals surface area (Å²) in [5.41, 5.74) is 4.09. The number of carboxylic acid groups (broad SMARTS) is 2. The van der Waals surface area contributed by atoms with E-state index in [9.17, 15) is 50.4 Å². The van der Waals surface area contributed by atoms with E-state index < -0.39 is 73.4 Å². The highest BCUT2D eigenvalue weighted by molar-refractivity contribution is 5.92. The van der Waals surface area contributed by atoms with Gasteiger partial charge in [-0.1, -0.05) is 25.0 Å². The van der Waals surface area contributed by atoms with Gasteiger partial charge in [0.15, 0.2) is 12.2 Å². The number of aliphatic carboxylic acids is 2. The SMILES string of the molecule is Cc1c(-c2ccc(OC3OC(C(=O)O)C(O)C(O)C3O)cc2)n(Cc2ccc(OCCN3CCCCCC3)cc2)c2ccc(OC3OC(C(=O)O)C(O)C(O)C3O)cc12. The molecule has 0 bridgehead atoms. The summed E-state index contributed by atoms with van der Waals surface area (Å²) in [6, 6.07) is 19.7. The summed E-state index contributed by atoms with van der Waals surface area (Å²) in [6.07, 6.45) is -12.8. The third kappa shape index (κ3) is 9.18. The number of hydrogen-bond acceptors (Lipinski definition) is 14. The second-order valence-corrected chi connectivity index (χ2v) is 15.2. The zero-order valence-electron chi connectivity index (χ0n) is 32.3. The predicted molar refractivity (Wildman–Crippen MR) is 208 cm³/mol. The average molecular weight is 823 g/mol. The highest BCUT2D eigenvalue weighted by Gasteiger charge is 2.49. The molecule has 3 aliphatic heterocycles. The molecule has 17 nitrogen and oxygen atoms in total. The van der Waals surface area contributed by atoms with Gasteiger partial charge >= 0.3 is 11.9 Å². The van der Waals surface area contributed by atoms with Gasteiger partial charge in [-0.2, -0.15) is 0 Å². The standard InChI is InChI=1S/C42H50N2O15/c1-22-28-20-27(57-42-36(50)32(46)34(48)38(59-42)40(53)54)14-15-29(28)44(21-23-6-10-25(11-7-23)55-19-18-43-16-4-2-3-5-17-43)30(22)24-8-12-26(13-9-24)56-41-35(49)31(45)33(47)37(58-41)39(51)52/h6-15,20,31-38,41-42,45-50H,2-5,16-19,21H2,1H3,(H,51,52)(H,53,54). The molecule has 8 N–H and O–H groups in total. The number of fused-ring (bicyclic) bond motifs is 1. The number of rotatable bonds is 13. The Balaban J connectivity index is 1.15. The lowest BCUT2D eigenvalue weighted by Gasteiger charge is -2.38. The van der Waals surface area contributed by atoms with E-state index in [2.05, 4.69) is 9.47 Å². The number of aliphatic hydroxyl groups excluding tert-OH is 6. The lowest BCUT2D eigenvalue weighted by molar-refractivity contribution is -0.271. The van der Waals surface area contributed by atoms with Crippen molar-refractivity contribution in [1.82, 2.24) is 9.47 Å². The molecule has 0 amide bonds. The highest BCUT2D eigenvalue weighted by Crippen LogP contribution is 2.38. The van der Waals surface area contributed by atoms with Crippen LogP contribution in [0.15, 0.2) is 66.7 Å². The van der Waals surface area contributed by atoms with Crippen LogP contribution in [0.3, 0.4) is 0 Å². The number of hydrogen-bond donors (Lipinski definition) is 8. The molecule has 1 aromatic heterocycles. The molecule has 10 atom stereocenters. The van der Waals surface area contributed by atoms with Gasteiger partial charge in [0.1, 0.15) is 60.5 Å². The molecule has 3 saturated heterocycles. The zero-order valence-corrected chi connectivity index (χ0v) is 32.3. The van der Waals surface area contributed by atoms with Crippen LogP contribution in [-0.2, 0) is 25.6 Å². The predicted octanol–water partition coefficient (Wildman–Crippen LogP) is 1.46. The summed E-state index contributed by atoms with van der Waals surface area (Å²) in [6.45, 7) is 5.96. The fourth-order valence-corrected chi connectivity index (χ4v) is 7.90. The van der Waals surface area contributed by atoms with Gasteiger partial charge in [0.2, 0.25) is 12.6 Å². The Morgan fingerprint density at radius 3 is 1.75 bits per heavy atom. The van der Waals surface area contributed by atoms with E-state index in [0.29, 0.717) is 13.2 Å². The van der Waals surface area contributed by atoms with Crippen LogP contribution in [0.5, 0.6) is 17.2 Å². The van der Waals surface area contributed by atoms with E-state index >= 15 is 0 Å². The van der Waals surface area contributed by atoms with Gasteiger partial charge in [0, 0.05) is 24.0 Å². The van der Waals surface area contributed by atoms with E-state index in [0.717, 1.165) is 58.7 Å². The highest BCUT2D eigenvalue weighted by atomic mass is 16.7. The average Bonchev–Trinajstić information content (AvgIpc) is 3.34. The maximum atomic E-state index is 11.7. The van der Waals surface area contributed by atoms with E-state index in [1.165, 1.54) is 25.7 Å². The molecule has 4 heterocycles. The normalized spacial score (nSPS) is 29.1.